The molecule has 2 N–H and O–H groups in total. The lowest BCUT2D eigenvalue weighted by atomic mass is 10.2. The SMILES string of the molecule is COC(=O)c1c(C)oc(C)c1S(=O)(=O)NC(C)CCCO. The molecule has 0 aromatic carbocycles. The third kappa shape index (κ3) is 4.05. The Morgan fingerprint density at radius 3 is 2.52 bits per heavy atom. The summed E-state index contributed by atoms with van der Waals surface area (Å²) in [6.07, 6.45) is 0.968. The fourth-order valence-electron chi connectivity index (χ4n) is 2.11. The third-order valence-corrected chi connectivity index (χ3v) is 4.76. The minimum atomic E-state index is -3.91. The van der Waals surface area contributed by atoms with Gasteiger partial charge in [0.05, 0.1) is 7.11 Å². The maximum Gasteiger partial charge on any atom is 0.342 e. The van der Waals surface area contributed by atoms with Crippen molar-refractivity contribution in [3.63, 3.8) is 0 Å². The van der Waals surface area contributed by atoms with Crippen LogP contribution < -0.4 is 4.72 Å². The van der Waals surface area contributed by atoms with Gasteiger partial charge in [-0.25, -0.2) is 17.9 Å². The van der Waals surface area contributed by atoms with Crippen LogP contribution in [0, 0.1) is 13.8 Å². The third-order valence-electron chi connectivity index (χ3n) is 3.01. The summed E-state index contributed by atoms with van der Waals surface area (Å²) in [5.74, 6) is -0.426. The molecular formula is C13H21NO6S. The Bertz CT molecular complexity index is 604. The van der Waals surface area contributed by atoms with E-state index in [2.05, 4.69) is 9.46 Å². The average molecular weight is 319 g/mol. The van der Waals surface area contributed by atoms with Crippen molar-refractivity contribution >= 4 is 16.0 Å². The number of sulfonamides is 1. The number of hydrogen-bond donors (Lipinski definition) is 2. The highest BCUT2D eigenvalue weighted by Gasteiger charge is 2.32. The first-order valence-corrected chi connectivity index (χ1v) is 8.04. The molecule has 7 nitrogen and oxygen atoms in total. The summed E-state index contributed by atoms with van der Waals surface area (Å²) in [5, 5.41) is 8.77. The first-order valence-electron chi connectivity index (χ1n) is 6.56. The van der Waals surface area contributed by atoms with Gasteiger partial charge in [-0.15, -0.1) is 0 Å². The molecule has 0 spiro atoms. The number of nitrogens with one attached hydrogen (secondary N) is 1. The number of aliphatic hydroxyl groups is 1. The van der Waals surface area contributed by atoms with Crippen molar-refractivity contribution in [1.29, 1.82) is 0 Å². The van der Waals surface area contributed by atoms with E-state index >= 15 is 0 Å². The summed E-state index contributed by atoms with van der Waals surface area (Å²) in [7, 11) is -2.73. The fraction of sp³-hybridized carbons (Fsp3) is 0.615. The summed E-state index contributed by atoms with van der Waals surface area (Å²) in [6.45, 7) is 4.66. The monoisotopic (exact) mass is 319 g/mol. The van der Waals surface area contributed by atoms with E-state index in [0.29, 0.717) is 12.8 Å². The van der Waals surface area contributed by atoms with Crippen LogP contribution in [0.2, 0.25) is 0 Å². The predicted molar refractivity (Wildman–Crippen MR) is 75.6 cm³/mol. The second-order valence-electron chi connectivity index (χ2n) is 4.80. The van der Waals surface area contributed by atoms with Crippen LogP contribution in [-0.4, -0.2) is 39.3 Å². The number of rotatable bonds is 7. The van der Waals surface area contributed by atoms with E-state index in [1.807, 2.05) is 0 Å². The average Bonchev–Trinajstić information content (AvgIpc) is 2.70. The quantitative estimate of drug-likeness (QED) is 0.730. The molecule has 1 rings (SSSR count). The van der Waals surface area contributed by atoms with Crippen LogP contribution in [0.1, 0.15) is 41.6 Å². The van der Waals surface area contributed by atoms with E-state index in [1.54, 1.807) is 6.92 Å². The number of furan rings is 1. The van der Waals surface area contributed by atoms with Crippen LogP contribution >= 0.6 is 0 Å². The van der Waals surface area contributed by atoms with Gasteiger partial charge < -0.3 is 14.3 Å². The van der Waals surface area contributed by atoms with Gasteiger partial charge in [-0.3, -0.25) is 0 Å². The molecule has 0 aliphatic heterocycles. The largest absolute Gasteiger partial charge is 0.465 e. The highest BCUT2D eigenvalue weighted by molar-refractivity contribution is 7.89. The van der Waals surface area contributed by atoms with Crippen LogP contribution in [0.4, 0.5) is 0 Å². The Hall–Kier alpha value is -1.38. The van der Waals surface area contributed by atoms with Crippen LogP contribution in [0.15, 0.2) is 9.31 Å². The van der Waals surface area contributed by atoms with Crippen LogP contribution in [0.5, 0.6) is 0 Å². The zero-order valence-electron chi connectivity index (χ0n) is 12.6. The second-order valence-corrected chi connectivity index (χ2v) is 6.45. The van der Waals surface area contributed by atoms with Gasteiger partial charge in [0, 0.05) is 12.6 Å². The Morgan fingerprint density at radius 2 is 2.00 bits per heavy atom. The first-order chi connectivity index (χ1) is 9.74. The normalized spacial score (nSPS) is 13.2. The topological polar surface area (TPSA) is 106 Å². The lowest BCUT2D eigenvalue weighted by Crippen LogP contribution is -2.33. The van der Waals surface area contributed by atoms with Gasteiger partial charge in [0.2, 0.25) is 10.0 Å². The fourth-order valence-corrected chi connectivity index (χ4v) is 3.79. The van der Waals surface area contributed by atoms with Crippen molar-refractivity contribution in [3.8, 4) is 0 Å². The lowest BCUT2D eigenvalue weighted by molar-refractivity contribution is 0.0595. The van der Waals surface area contributed by atoms with Gasteiger partial charge >= 0.3 is 5.97 Å². The predicted octanol–water partition coefficient (Wildman–Crippen LogP) is 1.12. The number of esters is 1. The number of methoxy groups -OCH3 is 1. The van der Waals surface area contributed by atoms with Crippen LogP contribution in [0.25, 0.3) is 0 Å². The van der Waals surface area contributed by atoms with Crippen molar-refractivity contribution in [2.75, 3.05) is 13.7 Å². The van der Waals surface area contributed by atoms with Gasteiger partial charge in [-0.1, -0.05) is 0 Å². The van der Waals surface area contributed by atoms with Crippen LogP contribution in [0.3, 0.4) is 0 Å². The van der Waals surface area contributed by atoms with Crippen molar-refractivity contribution in [2.45, 2.75) is 44.6 Å². The van der Waals surface area contributed by atoms with Crippen molar-refractivity contribution in [1.82, 2.24) is 4.72 Å². The maximum absolute atomic E-state index is 12.4. The molecule has 0 amide bonds. The van der Waals surface area contributed by atoms with Crippen molar-refractivity contribution < 1.29 is 27.5 Å². The molecule has 1 aromatic rings. The van der Waals surface area contributed by atoms with Gasteiger partial charge in [0.1, 0.15) is 22.0 Å². The van der Waals surface area contributed by atoms with Crippen molar-refractivity contribution in [3.05, 3.63) is 17.1 Å². The summed E-state index contributed by atoms with van der Waals surface area (Å²) < 4.78 is 37.2. The Morgan fingerprint density at radius 1 is 1.38 bits per heavy atom. The molecule has 21 heavy (non-hydrogen) atoms. The van der Waals surface area contributed by atoms with E-state index in [-0.39, 0.29) is 34.6 Å². The van der Waals surface area contributed by atoms with E-state index in [0.717, 1.165) is 0 Å². The van der Waals surface area contributed by atoms with Gasteiger partial charge in [0.15, 0.2) is 0 Å². The molecule has 0 aliphatic rings. The maximum atomic E-state index is 12.4. The second kappa shape index (κ2) is 7.06. The summed E-state index contributed by atoms with van der Waals surface area (Å²) in [5.41, 5.74) is -0.0862. The number of aliphatic hydroxyl groups excluding tert-OH is 1. The van der Waals surface area contributed by atoms with Crippen molar-refractivity contribution in [2.24, 2.45) is 0 Å². The Balaban J connectivity index is 3.17. The molecule has 0 saturated carbocycles. The lowest BCUT2D eigenvalue weighted by Gasteiger charge is -2.14. The number of hydrogen-bond acceptors (Lipinski definition) is 6. The van der Waals surface area contributed by atoms with E-state index in [1.165, 1.54) is 21.0 Å². The molecule has 0 bridgehead atoms. The molecule has 0 saturated heterocycles. The first kappa shape index (κ1) is 17.7. The molecule has 1 aromatic heterocycles. The highest BCUT2D eigenvalue weighted by Crippen LogP contribution is 2.27. The molecule has 1 heterocycles. The van der Waals surface area contributed by atoms with Gasteiger partial charge in [-0.05, 0) is 33.6 Å². The van der Waals surface area contributed by atoms with E-state index < -0.39 is 16.0 Å². The number of carbonyl (C=O) groups excluding carboxylic acids is 1. The molecule has 8 heteroatoms. The van der Waals surface area contributed by atoms with E-state index in [9.17, 15) is 13.2 Å². The van der Waals surface area contributed by atoms with Gasteiger partial charge in [0.25, 0.3) is 0 Å². The molecule has 0 fully saturated rings. The number of ether oxygens (including phenoxy) is 1. The molecule has 1 atom stereocenters. The standard InChI is InChI=1S/C13H21NO6S/c1-8(6-5-7-15)14-21(17,18)12-10(3)20-9(2)11(12)13(16)19-4/h8,14-15H,5-7H2,1-4H3. The zero-order chi connectivity index (χ0) is 16.2. The molecule has 120 valence electrons. The smallest absolute Gasteiger partial charge is 0.342 e. The Labute approximate surface area is 124 Å². The highest BCUT2D eigenvalue weighted by atomic mass is 32.2. The Kier molecular flexibility index (Phi) is 5.94. The van der Waals surface area contributed by atoms with Gasteiger partial charge in [-0.2, -0.15) is 0 Å². The molecule has 0 radical (unpaired) electrons. The molecular weight excluding hydrogens is 298 g/mol. The minimum absolute atomic E-state index is 0.0106. The van der Waals surface area contributed by atoms with Crippen LogP contribution in [-0.2, 0) is 14.8 Å². The molecule has 0 aliphatic carbocycles. The summed E-state index contributed by atoms with van der Waals surface area (Å²) >= 11 is 0. The zero-order valence-corrected chi connectivity index (χ0v) is 13.4. The molecule has 1 unspecified atom stereocenters. The summed E-state index contributed by atoms with van der Waals surface area (Å²) in [6, 6.07) is -0.373. The minimum Gasteiger partial charge on any atom is -0.465 e. The number of carbonyl (C=O) groups is 1. The van der Waals surface area contributed by atoms with E-state index in [4.69, 9.17) is 9.52 Å². The summed E-state index contributed by atoms with van der Waals surface area (Å²) in [4.78, 5) is 11.6. The number of aryl methyl sites for hydroxylation is 2.